The van der Waals surface area contributed by atoms with E-state index < -0.39 is 0 Å². The van der Waals surface area contributed by atoms with Crippen LogP contribution in [0.5, 0.6) is 5.75 Å². The van der Waals surface area contributed by atoms with Crippen molar-refractivity contribution in [1.29, 1.82) is 0 Å². The van der Waals surface area contributed by atoms with E-state index in [0.717, 1.165) is 59.2 Å². The van der Waals surface area contributed by atoms with E-state index in [1.54, 1.807) is 6.20 Å². The lowest BCUT2D eigenvalue weighted by atomic mass is 9.82. The summed E-state index contributed by atoms with van der Waals surface area (Å²) >= 11 is 0. The number of aryl methyl sites for hydroxylation is 1. The number of aromatic nitrogens is 1. The van der Waals surface area contributed by atoms with Crippen LogP contribution >= 0.6 is 0 Å². The van der Waals surface area contributed by atoms with Crippen LogP contribution in [0.4, 0.5) is 0 Å². The predicted octanol–water partition coefficient (Wildman–Crippen LogP) is 5.47. The van der Waals surface area contributed by atoms with Crippen molar-refractivity contribution < 1.29 is 9.53 Å². The number of amides is 1. The number of fused-ring (bicyclic) bond motifs is 1. The average Bonchev–Trinajstić information content (AvgIpc) is 3.62. The number of carbonyl (C=O) groups excluding carboxylic acids is 1. The number of nitrogens with one attached hydrogen (secondary N) is 1. The summed E-state index contributed by atoms with van der Waals surface area (Å²) in [5, 5.41) is 4.44. The number of pyridine rings is 1. The lowest BCUT2D eigenvalue weighted by Crippen LogP contribution is -2.63. The minimum Gasteiger partial charge on any atom is -0.489 e. The quantitative estimate of drug-likeness (QED) is 0.514. The van der Waals surface area contributed by atoms with Gasteiger partial charge in [0.1, 0.15) is 11.9 Å². The molecular weight excluding hydrogens is 422 g/mol. The molecule has 176 valence electrons. The zero-order chi connectivity index (χ0) is 24.1. The van der Waals surface area contributed by atoms with Crippen molar-refractivity contribution in [3.63, 3.8) is 0 Å². The van der Waals surface area contributed by atoms with Crippen molar-refractivity contribution in [1.82, 2.24) is 15.2 Å². The fraction of sp³-hybridized carbons (Fsp3) is 0.379. The summed E-state index contributed by atoms with van der Waals surface area (Å²) in [6.45, 7) is 11.3. The van der Waals surface area contributed by atoms with E-state index in [1.165, 1.54) is 0 Å². The molecule has 34 heavy (non-hydrogen) atoms. The maximum Gasteiger partial charge on any atom is 0.252 e. The molecule has 2 aliphatic rings. The van der Waals surface area contributed by atoms with E-state index in [4.69, 9.17) is 4.74 Å². The molecule has 3 aromatic rings. The first-order valence-corrected chi connectivity index (χ1v) is 12.1. The topological polar surface area (TPSA) is 54.5 Å². The van der Waals surface area contributed by atoms with Crippen LogP contribution in [0.1, 0.15) is 60.2 Å². The van der Waals surface area contributed by atoms with E-state index in [-0.39, 0.29) is 23.1 Å². The molecule has 2 atom stereocenters. The number of likely N-dealkylation sites (tertiary alicyclic amines) is 1. The second-order valence-corrected chi connectivity index (χ2v) is 10.1. The van der Waals surface area contributed by atoms with Crippen molar-refractivity contribution in [2.75, 3.05) is 13.6 Å². The Morgan fingerprint density at radius 2 is 2.03 bits per heavy atom. The molecule has 1 aliphatic heterocycles. The zero-order valence-electron chi connectivity index (χ0n) is 20.5. The Bertz CT molecular complexity index is 1280. The maximum absolute atomic E-state index is 13.5. The summed E-state index contributed by atoms with van der Waals surface area (Å²) in [7, 11) is 2.13. The van der Waals surface area contributed by atoms with Gasteiger partial charge in [0.15, 0.2) is 0 Å². The van der Waals surface area contributed by atoms with Crippen LogP contribution in [-0.4, -0.2) is 41.0 Å². The first-order chi connectivity index (χ1) is 16.3. The standard InChI is InChI=1S/C29H33N3O2/c1-6-21-16-25(23-8-7-14-30-26(23)17-21)29(11-12-29)31-27(33)24-18-22(10-9-19(24)2)34-20(3)28(4)13-15-32(28)5/h6-10,14,16-18,20H,1,11-13,15H2,2-5H3,(H,31,33)/t20-,28-/m0/s1. The molecule has 1 N–H and O–H groups in total. The highest BCUT2D eigenvalue weighted by Crippen LogP contribution is 2.48. The molecular formula is C29H33N3O2. The first-order valence-electron chi connectivity index (χ1n) is 12.1. The Morgan fingerprint density at radius 3 is 2.68 bits per heavy atom. The molecule has 2 heterocycles. The van der Waals surface area contributed by atoms with Gasteiger partial charge in [-0.05, 0) is 94.1 Å². The molecule has 0 unspecified atom stereocenters. The molecule has 1 aliphatic carbocycles. The SMILES string of the molecule is C=Cc1cc(C2(NC(=O)c3cc(O[C@@H](C)[C@]4(C)CCN4C)ccc3C)CC2)c2cccnc2c1. The highest BCUT2D eigenvalue weighted by atomic mass is 16.5. The van der Waals surface area contributed by atoms with Gasteiger partial charge in [-0.25, -0.2) is 0 Å². The highest BCUT2D eigenvalue weighted by Gasteiger charge is 2.47. The minimum absolute atomic E-state index is 0.0244. The first kappa shape index (κ1) is 22.6. The Hall–Kier alpha value is -3.18. The van der Waals surface area contributed by atoms with Crippen LogP contribution in [0, 0.1) is 6.92 Å². The fourth-order valence-corrected chi connectivity index (χ4v) is 5.04. The van der Waals surface area contributed by atoms with E-state index >= 15 is 0 Å². The van der Waals surface area contributed by atoms with Gasteiger partial charge in [0.2, 0.25) is 0 Å². The van der Waals surface area contributed by atoms with Crippen molar-refractivity contribution >= 4 is 22.9 Å². The third-order valence-electron chi connectivity index (χ3n) is 8.06. The number of benzene rings is 2. The Labute approximate surface area is 201 Å². The van der Waals surface area contributed by atoms with Crippen molar-refractivity contribution in [3.05, 3.63) is 77.5 Å². The van der Waals surface area contributed by atoms with Crippen molar-refractivity contribution in [2.45, 2.75) is 57.2 Å². The summed E-state index contributed by atoms with van der Waals surface area (Å²) in [5.74, 6) is 0.666. The molecule has 1 saturated carbocycles. The summed E-state index contributed by atoms with van der Waals surface area (Å²) in [6.07, 6.45) is 6.58. The normalized spacial score (nSPS) is 22.0. The molecule has 0 radical (unpaired) electrons. The summed E-state index contributed by atoms with van der Waals surface area (Å²) in [4.78, 5) is 20.4. The number of nitrogens with zero attached hydrogens (tertiary/aromatic N) is 2. The van der Waals surface area contributed by atoms with Gasteiger partial charge in [0.05, 0.1) is 16.6 Å². The molecule has 2 fully saturated rings. The third kappa shape index (κ3) is 3.78. The second-order valence-electron chi connectivity index (χ2n) is 10.1. The lowest BCUT2D eigenvalue weighted by Gasteiger charge is -2.51. The van der Waals surface area contributed by atoms with Gasteiger partial charge in [0.25, 0.3) is 5.91 Å². The van der Waals surface area contributed by atoms with E-state index in [0.29, 0.717) is 5.56 Å². The Balaban J connectivity index is 1.41. The highest BCUT2D eigenvalue weighted by molar-refractivity contribution is 5.97. The number of hydrogen-bond donors (Lipinski definition) is 1. The number of rotatable bonds is 7. The third-order valence-corrected chi connectivity index (χ3v) is 8.06. The molecule has 0 spiro atoms. The molecule has 1 amide bonds. The summed E-state index contributed by atoms with van der Waals surface area (Å²) in [5.41, 5.74) is 4.28. The molecule has 1 saturated heterocycles. The molecule has 5 rings (SSSR count). The van der Waals surface area contributed by atoms with Gasteiger partial charge in [-0.1, -0.05) is 24.8 Å². The zero-order valence-corrected chi connectivity index (χ0v) is 20.5. The Kier molecular flexibility index (Phi) is 5.48. The van der Waals surface area contributed by atoms with E-state index in [1.807, 2.05) is 43.3 Å². The van der Waals surface area contributed by atoms with Gasteiger partial charge in [-0.2, -0.15) is 0 Å². The molecule has 5 heteroatoms. The van der Waals surface area contributed by atoms with Gasteiger partial charge >= 0.3 is 0 Å². The summed E-state index contributed by atoms with van der Waals surface area (Å²) in [6, 6.07) is 14.0. The molecule has 0 bridgehead atoms. The van der Waals surface area contributed by atoms with Gasteiger partial charge in [0, 0.05) is 23.7 Å². The predicted molar refractivity (Wildman–Crippen MR) is 137 cm³/mol. The van der Waals surface area contributed by atoms with Crippen LogP contribution in [-0.2, 0) is 5.54 Å². The Morgan fingerprint density at radius 1 is 1.24 bits per heavy atom. The number of ether oxygens (including phenoxy) is 1. The van der Waals surface area contributed by atoms with Gasteiger partial charge in [-0.15, -0.1) is 0 Å². The van der Waals surface area contributed by atoms with Crippen molar-refractivity contribution in [3.8, 4) is 5.75 Å². The van der Waals surface area contributed by atoms with Crippen LogP contribution in [0.15, 0.2) is 55.2 Å². The average molecular weight is 456 g/mol. The largest absolute Gasteiger partial charge is 0.489 e. The number of hydrogen-bond acceptors (Lipinski definition) is 4. The smallest absolute Gasteiger partial charge is 0.252 e. The monoisotopic (exact) mass is 455 g/mol. The number of likely N-dealkylation sites (N-methyl/N-ethyl adjacent to an activating group) is 1. The molecule has 2 aromatic carbocycles. The minimum atomic E-state index is -0.379. The number of carbonyl (C=O) groups is 1. The van der Waals surface area contributed by atoms with Crippen molar-refractivity contribution in [2.24, 2.45) is 0 Å². The maximum atomic E-state index is 13.5. The summed E-state index contributed by atoms with van der Waals surface area (Å²) < 4.78 is 6.31. The van der Waals surface area contributed by atoms with Gasteiger partial charge < -0.3 is 10.1 Å². The van der Waals surface area contributed by atoms with Crippen LogP contribution < -0.4 is 10.1 Å². The van der Waals surface area contributed by atoms with Crippen LogP contribution in [0.2, 0.25) is 0 Å². The van der Waals surface area contributed by atoms with Crippen LogP contribution in [0.25, 0.3) is 17.0 Å². The van der Waals surface area contributed by atoms with Crippen LogP contribution in [0.3, 0.4) is 0 Å². The van der Waals surface area contributed by atoms with E-state index in [9.17, 15) is 4.79 Å². The lowest BCUT2D eigenvalue weighted by molar-refractivity contribution is -0.0547. The molecule has 5 nitrogen and oxygen atoms in total. The van der Waals surface area contributed by atoms with E-state index in [2.05, 4.69) is 54.8 Å². The second kappa shape index (κ2) is 8.24. The van der Waals surface area contributed by atoms with Gasteiger partial charge in [-0.3, -0.25) is 14.7 Å². The fourth-order valence-electron chi connectivity index (χ4n) is 5.04. The molecule has 1 aromatic heterocycles.